The number of pyridine rings is 1. The van der Waals surface area contributed by atoms with Crippen LogP contribution in [0.1, 0.15) is 21.6 Å². The molecule has 29 heavy (non-hydrogen) atoms. The largest absolute Gasteiger partial charge is 0.508 e. The topological polar surface area (TPSA) is 131 Å². The van der Waals surface area contributed by atoms with Crippen molar-refractivity contribution in [2.45, 2.75) is 13.5 Å². The first-order valence-electron chi connectivity index (χ1n) is 8.49. The normalized spacial score (nSPS) is 10.9. The first-order valence-corrected chi connectivity index (χ1v) is 9.37. The van der Waals surface area contributed by atoms with Crippen LogP contribution in [-0.2, 0) is 6.54 Å². The number of aromatic nitrogens is 2. The van der Waals surface area contributed by atoms with Crippen LogP contribution in [0.3, 0.4) is 0 Å². The Kier molecular flexibility index (Phi) is 4.69. The van der Waals surface area contributed by atoms with Crippen LogP contribution in [0.25, 0.3) is 21.7 Å². The number of aryl methyl sites for hydroxylation is 1. The quantitative estimate of drug-likeness (QED) is 0.378. The molecule has 0 saturated heterocycles. The van der Waals surface area contributed by atoms with Gasteiger partial charge in [-0.05, 0) is 30.5 Å². The van der Waals surface area contributed by atoms with Crippen LogP contribution in [0.5, 0.6) is 5.75 Å². The smallest absolute Gasteiger partial charge is 0.270 e. The van der Waals surface area contributed by atoms with E-state index in [0.717, 1.165) is 4.88 Å². The van der Waals surface area contributed by atoms with Gasteiger partial charge in [0.05, 0.1) is 32.1 Å². The second-order valence-corrected chi connectivity index (χ2v) is 7.18. The Labute approximate surface area is 167 Å². The van der Waals surface area contributed by atoms with Gasteiger partial charge in [0.2, 0.25) is 0 Å². The van der Waals surface area contributed by atoms with Gasteiger partial charge in [0.25, 0.3) is 17.3 Å². The molecule has 0 radical (unpaired) electrons. The number of carbonyl (C=O) groups excluding carboxylic acids is 1. The number of hydrogen-bond acceptors (Lipinski definition) is 8. The molecule has 0 bridgehead atoms. The minimum Gasteiger partial charge on any atom is -0.508 e. The van der Waals surface area contributed by atoms with Crippen molar-refractivity contribution in [3.05, 3.63) is 68.7 Å². The third-order valence-electron chi connectivity index (χ3n) is 4.35. The van der Waals surface area contributed by atoms with Crippen LogP contribution in [0.15, 0.2) is 46.3 Å². The van der Waals surface area contributed by atoms with E-state index >= 15 is 0 Å². The number of phenols is 1. The van der Waals surface area contributed by atoms with Crippen LogP contribution in [0.2, 0.25) is 0 Å². The molecule has 4 aromatic rings. The maximum atomic E-state index is 12.9. The summed E-state index contributed by atoms with van der Waals surface area (Å²) in [5, 5.41) is 29.9. The highest BCUT2D eigenvalue weighted by molar-refractivity contribution is 7.13. The van der Waals surface area contributed by atoms with Gasteiger partial charge in [0, 0.05) is 24.2 Å². The number of carbonyl (C=O) groups is 1. The molecule has 2 N–H and O–H groups in total. The third kappa shape index (κ3) is 3.52. The first-order chi connectivity index (χ1) is 13.9. The van der Waals surface area contributed by atoms with Gasteiger partial charge >= 0.3 is 0 Å². The molecular formula is C19H14N4O5S. The predicted octanol–water partition coefficient (Wildman–Crippen LogP) is 3.80. The zero-order valence-electron chi connectivity index (χ0n) is 15.1. The Morgan fingerprint density at radius 1 is 1.34 bits per heavy atom. The first kappa shape index (κ1) is 18.6. The predicted molar refractivity (Wildman–Crippen MR) is 106 cm³/mol. The minimum absolute atomic E-state index is 0.0885. The summed E-state index contributed by atoms with van der Waals surface area (Å²) < 4.78 is 5.25. The van der Waals surface area contributed by atoms with Gasteiger partial charge < -0.3 is 14.9 Å². The highest BCUT2D eigenvalue weighted by Gasteiger charge is 2.20. The molecule has 4 rings (SSSR count). The number of thiophene rings is 1. The number of amides is 1. The molecule has 1 amide bonds. The van der Waals surface area contributed by atoms with Crippen LogP contribution >= 0.6 is 11.3 Å². The number of nitro benzene ring substituents is 1. The molecule has 0 aliphatic rings. The summed E-state index contributed by atoms with van der Waals surface area (Å²) in [6, 6.07) is 9.05. The van der Waals surface area contributed by atoms with Gasteiger partial charge in [0.1, 0.15) is 5.75 Å². The van der Waals surface area contributed by atoms with Crippen molar-refractivity contribution >= 4 is 34.0 Å². The fourth-order valence-corrected chi connectivity index (χ4v) is 3.61. The minimum atomic E-state index is -0.565. The molecule has 0 aliphatic heterocycles. The van der Waals surface area contributed by atoms with E-state index in [0.29, 0.717) is 22.3 Å². The summed E-state index contributed by atoms with van der Waals surface area (Å²) in [5.41, 5.74) is 1.73. The number of aromatic hydroxyl groups is 1. The number of nitrogens with one attached hydrogen (secondary N) is 1. The van der Waals surface area contributed by atoms with Gasteiger partial charge in [-0.15, -0.1) is 11.3 Å². The summed E-state index contributed by atoms with van der Waals surface area (Å²) >= 11 is 1.48. The van der Waals surface area contributed by atoms with E-state index in [2.05, 4.69) is 15.5 Å². The Hall–Kier alpha value is -3.79. The molecule has 10 heteroatoms. The Morgan fingerprint density at radius 3 is 2.90 bits per heavy atom. The third-order valence-corrected chi connectivity index (χ3v) is 5.24. The van der Waals surface area contributed by atoms with E-state index in [1.54, 1.807) is 13.0 Å². The zero-order chi connectivity index (χ0) is 20.5. The highest BCUT2D eigenvalue weighted by Crippen LogP contribution is 2.29. The summed E-state index contributed by atoms with van der Waals surface area (Å²) in [6.45, 7) is 1.62. The fraction of sp³-hybridized carbons (Fsp3) is 0.105. The number of nitrogens with zero attached hydrogens (tertiary/aromatic N) is 3. The summed E-state index contributed by atoms with van der Waals surface area (Å²) in [7, 11) is 0. The molecule has 146 valence electrons. The Morgan fingerprint density at radius 2 is 2.17 bits per heavy atom. The van der Waals surface area contributed by atoms with E-state index < -0.39 is 10.8 Å². The molecule has 0 saturated carbocycles. The summed E-state index contributed by atoms with van der Waals surface area (Å²) in [6.07, 6.45) is 0. The fourth-order valence-electron chi connectivity index (χ4n) is 2.92. The number of rotatable bonds is 5. The van der Waals surface area contributed by atoms with Crippen molar-refractivity contribution in [2.75, 3.05) is 0 Å². The lowest BCUT2D eigenvalue weighted by atomic mass is 10.1. The van der Waals surface area contributed by atoms with Gasteiger partial charge in [-0.3, -0.25) is 14.9 Å². The second-order valence-electron chi connectivity index (χ2n) is 6.23. The average Bonchev–Trinajstić information content (AvgIpc) is 3.36. The lowest BCUT2D eigenvalue weighted by Gasteiger charge is -2.09. The molecule has 3 aromatic heterocycles. The van der Waals surface area contributed by atoms with Crippen molar-refractivity contribution < 1.29 is 19.3 Å². The standard InChI is InChI=1S/C19H14N4O5S/c1-10-17-13(8-14(16-3-2-6-29-16)21-19(17)28-22-10)18(25)20-9-11-7-12(23(26)27)4-5-15(11)24/h2-8,24H,9H2,1H3,(H,20,25). The lowest BCUT2D eigenvalue weighted by Crippen LogP contribution is -2.23. The van der Waals surface area contributed by atoms with Gasteiger partial charge in [0.15, 0.2) is 0 Å². The maximum Gasteiger partial charge on any atom is 0.270 e. The molecule has 0 spiro atoms. The zero-order valence-corrected chi connectivity index (χ0v) is 15.9. The molecule has 1 aromatic carbocycles. The van der Waals surface area contributed by atoms with Crippen molar-refractivity contribution in [3.8, 4) is 16.3 Å². The van der Waals surface area contributed by atoms with Gasteiger partial charge in [-0.2, -0.15) is 0 Å². The number of fused-ring (bicyclic) bond motifs is 1. The van der Waals surface area contributed by atoms with Gasteiger partial charge in [-0.25, -0.2) is 4.98 Å². The maximum absolute atomic E-state index is 12.9. The molecule has 9 nitrogen and oxygen atoms in total. The van der Waals surface area contributed by atoms with E-state index in [1.807, 2.05) is 17.5 Å². The van der Waals surface area contributed by atoms with E-state index in [-0.39, 0.29) is 29.3 Å². The SMILES string of the molecule is Cc1noc2nc(-c3cccs3)cc(C(=O)NCc3cc([N+](=O)[O-])ccc3O)c12. The lowest BCUT2D eigenvalue weighted by molar-refractivity contribution is -0.384. The van der Waals surface area contributed by atoms with E-state index in [9.17, 15) is 20.0 Å². The van der Waals surface area contributed by atoms with Gasteiger partial charge in [-0.1, -0.05) is 11.2 Å². The molecule has 0 fully saturated rings. The van der Waals surface area contributed by atoms with Crippen molar-refractivity contribution in [2.24, 2.45) is 0 Å². The number of nitro groups is 1. The molecular weight excluding hydrogens is 396 g/mol. The van der Waals surface area contributed by atoms with Crippen LogP contribution < -0.4 is 5.32 Å². The van der Waals surface area contributed by atoms with Crippen molar-refractivity contribution in [1.29, 1.82) is 0 Å². The number of non-ortho nitro benzene ring substituents is 1. The Balaban J connectivity index is 1.68. The van der Waals surface area contributed by atoms with Crippen LogP contribution in [-0.4, -0.2) is 26.1 Å². The molecule has 0 unspecified atom stereocenters. The van der Waals surface area contributed by atoms with Crippen LogP contribution in [0.4, 0.5) is 5.69 Å². The Bertz CT molecular complexity index is 1230. The van der Waals surface area contributed by atoms with E-state index in [4.69, 9.17) is 4.52 Å². The summed E-state index contributed by atoms with van der Waals surface area (Å²) in [5.74, 6) is -0.580. The van der Waals surface area contributed by atoms with Crippen molar-refractivity contribution in [1.82, 2.24) is 15.5 Å². The summed E-state index contributed by atoms with van der Waals surface area (Å²) in [4.78, 5) is 28.6. The molecule has 0 atom stereocenters. The monoisotopic (exact) mass is 410 g/mol. The number of hydrogen-bond donors (Lipinski definition) is 2. The average molecular weight is 410 g/mol. The van der Waals surface area contributed by atoms with Crippen LogP contribution in [0, 0.1) is 17.0 Å². The van der Waals surface area contributed by atoms with E-state index in [1.165, 1.54) is 29.5 Å². The number of phenolic OH excluding ortho intramolecular Hbond substituents is 1. The number of benzene rings is 1. The molecule has 3 heterocycles. The second kappa shape index (κ2) is 7.32. The highest BCUT2D eigenvalue weighted by atomic mass is 32.1. The molecule has 0 aliphatic carbocycles. The van der Waals surface area contributed by atoms with Crippen molar-refractivity contribution in [3.63, 3.8) is 0 Å².